The lowest BCUT2D eigenvalue weighted by molar-refractivity contribution is 0.594. The van der Waals surface area contributed by atoms with Crippen LogP contribution in [0.4, 0.5) is 0 Å². The van der Waals surface area contributed by atoms with Crippen molar-refractivity contribution in [3.63, 3.8) is 0 Å². The molecule has 2 aromatic rings. The fourth-order valence-electron chi connectivity index (χ4n) is 2.06. The monoisotopic (exact) mass is 552 g/mol. The average Bonchev–Trinajstić information content (AvgIpc) is 2.61. The molecule has 0 aliphatic carbocycles. The van der Waals surface area contributed by atoms with Crippen molar-refractivity contribution in [3.8, 4) is 0 Å². The molecule has 0 saturated heterocycles. The zero-order valence-electron chi connectivity index (χ0n) is 14.4. The molecule has 0 unspecified atom stereocenters. The first-order chi connectivity index (χ1) is 12.0. The molecule has 9 heteroatoms. The van der Waals surface area contributed by atoms with Crippen molar-refractivity contribution in [2.24, 2.45) is 4.99 Å². The first kappa shape index (κ1) is 22.8. The number of nitrogens with one attached hydrogen (secondary N) is 2. The zero-order chi connectivity index (χ0) is 18.1. The summed E-state index contributed by atoms with van der Waals surface area (Å²) in [5, 5.41) is 6.15. The number of nitrogens with zero attached hydrogens (tertiary/aromatic N) is 2. The fourth-order valence-corrected chi connectivity index (χ4v) is 3.48. The Hall–Kier alpha value is -1.20. The summed E-state index contributed by atoms with van der Waals surface area (Å²) < 4.78 is 25.5. The first-order valence-electron chi connectivity index (χ1n) is 7.91. The maximum absolute atomic E-state index is 12.3. The second-order valence-electron chi connectivity index (χ2n) is 5.22. The van der Waals surface area contributed by atoms with E-state index in [-0.39, 0.29) is 36.3 Å². The summed E-state index contributed by atoms with van der Waals surface area (Å²) in [6.45, 7) is 3.34. The molecule has 0 saturated carbocycles. The van der Waals surface area contributed by atoms with Gasteiger partial charge in [0, 0.05) is 23.8 Å². The molecule has 0 aliphatic rings. The molecule has 0 amide bonds. The Balaban J connectivity index is 0.00000338. The van der Waals surface area contributed by atoms with E-state index in [4.69, 9.17) is 0 Å². The Morgan fingerprint density at radius 1 is 1.15 bits per heavy atom. The van der Waals surface area contributed by atoms with Gasteiger partial charge in [-0.1, -0.05) is 22.0 Å². The van der Waals surface area contributed by atoms with Gasteiger partial charge in [-0.05, 0) is 43.3 Å². The van der Waals surface area contributed by atoms with Gasteiger partial charge in [0.2, 0.25) is 0 Å². The van der Waals surface area contributed by atoms with Gasteiger partial charge in [-0.25, -0.2) is 13.4 Å². The number of benzene rings is 1. The minimum atomic E-state index is -3.33. The van der Waals surface area contributed by atoms with Gasteiger partial charge in [0.05, 0.1) is 22.9 Å². The molecular weight excluding hydrogens is 531 g/mol. The van der Waals surface area contributed by atoms with E-state index in [0.29, 0.717) is 23.9 Å². The molecule has 0 fully saturated rings. The van der Waals surface area contributed by atoms with Crippen LogP contribution in [0.25, 0.3) is 0 Å². The van der Waals surface area contributed by atoms with Gasteiger partial charge in [0.15, 0.2) is 15.8 Å². The Bertz CT molecular complexity index is 799. The molecule has 2 N–H and O–H groups in total. The summed E-state index contributed by atoms with van der Waals surface area (Å²) in [6.07, 6.45) is 1.72. The molecule has 142 valence electrons. The quantitative estimate of drug-likeness (QED) is 0.313. The van der Waals surface area contributed by atoms with Crippen LogP contribution >= 0.6 is 39.9 Å². The largest absolute Gasteiger partial charge is 0.357 e. The molecule has 1 heterocycles. The lowest BCUT2D eigenvalue weighted by atomic mass is 10.3. The van der Waals surface area contributed by atoms with Crippen LogP contribution in [0.3, 0.4) is 0 Å². The number of halogens is 2. The summed E-state index contributed by atoms with van der Waals surface area (Å²) in [4.78, 5) is 8.95. The highest BCUT2D eigenvalue weighted by atomic mass is 127. The second kappa shape index (κ2) is 11.5. The lowest BCUT2D eigenvalue weighted by Crippen LogP contribution is -2.39. The van der Waals surface area contributed by atoms with E-state index in [0.717, 1.165) is 10.2 Å². The third kappa shape index (κ3) is 7.58. The summed E-state index contributed by atoms with van der Waals surface area (Å²) >= 11 is 3.30. The zero-order valence-corrected chi connectivity index (χ0v) is 19.1. The van der Waals surface area contributed by atoms with E-state index >= 15 is 0 Å². The number of hydrogen-bond donors (Lipinski definition) is 2. The molecule has 2 rings (SSSR count). The van der Waals surface area contributed by atoms with E-state index in [1.165, 1.54) is 0 Å². The van der Waals surface area contributed by atoms with Crippen molar-refractivity contribution < 1.29 is 8.42 Å². The van der Waals surface area contributed by atoms with Crippen molar-refractivity contribution in [3.05, 3.63) is 58.8 Å². The molecule has 0 atom stereocenters. The van der Waals surface area contributed by atoms with Gasteiger partial charge < -0.3 is 10.6 Å². The number of aromatic nitrogens is 1. The van der Waals surface area contributed by atoms with Crippen molar-refractivity contribution in [1.82, 2.24) is 15.6 Å². The standard InChI is InChI=1S/C17H21BrN4O2S.HI/c1-2-19-17(22-13-15-5-3-4-10-20-15)21-11-12-25(23,24)16-8-6-14(18)7-9-16;/h3-10H,2,11-13H2,1H3,(H2,19,21,22);1H. The molecule has 1 aromatic carbocycles. The van der Waals surface area contributed by atoms with Gasteiger partial charge in [0.25, 0.3) is 0 Å². The van der Waals surface area contributed by atoms with Gasteiger partial charge in [-0.3, -0.25) is 4.98 Å². The topological polar surface area (TPSA) is 83.4 Å². The van der Waals surface area contributed by atoms with Crippen LogP contribution in [-0.2, 0) is 16.4 Å². The predicted molar refractivity (Wildman–Crippen MR) is 119 cm³/mol. The van der Waals surface area contributed by atoms with E-state index < -0.39 is 9.84 Å². The highest BCUT2D eigenvalue weighted by Crippen LogP contribution is 2.15. The minimum absolute atomic E-state index is 0. The summed E-state index contributed by atoms with van der Waals surface area (Å²) in [6, 6.07) is 12.3. The Labute approximate surface area is 180 Å². The molecule has 6 nitrogen and oxygen atoms in total. The van der Waals surface area contributed by atoms with Crippen LogP contribution in [0.1, 0.15) is 12.6 Å². The van der Waals surface area contributed by atoms with E-state index in [1.54, 1.807) is 30.5 Å². The molecule has 0 spiro atoms. The van der Waals surface area contributed by atoms with Crippen LogP contribution < -0.4 is 10.6 Å². The fraction of sp³-hybridized carbons (Fsp3) is 0.294. The Morgan fingerprint density at radius 3 is 2.50 bits per heavy atom. The van der Waals surface area contributed by atoms with Crippen molar-refractivity contribution in [2.75, 3.05) is 18.8 Å². The Morgan fingerprint density at radius 2 is 1.88 bits per heavy atom. The maximum Gasteiger partial charge on any atom is 0.191 e. The number of hydrogen-bond acceptors (Lipinski definition) is 4. The second-order valence-corrected chi connectivity index (χ2v) is 8.24. The third-order valence-corrected chi connectivity index (χ3v) is 5.57. The van der Waals surface area contributed by atoms with E-state index in [2.05, 4.69) is 36.5 Å². The maximum atomic E-state index is 12.3. The third-order valence-electron chi connectivity index (χ3n) is 3.31. The van der Waals surface area contributed by atoms with E-state index in [9.17, 15) is 8.42 Å². The number of guanidine groups is 1. The molecule has 26 heavy (non-hydrogen) atoms. The molecule has 0 aliphatic heterocycles. The molecule has 0 bridgehead atoms. The molecule has 0 radical (unpaired) electrons. The number of rotatable bonds is 7. The van der Waals surface area contributed by atoms with Crippen LogP contribution in [-0.4, -0.2) is 38.2 Å². The Kier molecular flexibility index (Phi) is 10.1. The molecule has 1 aromatic heterocycles. The number of sulfone groups is 1. The predicted octanol–water partition coefficient (Wildman–Crippen LogP) is 2.99. The SMILES string of the molecule is CCNC(=NCc1ccccn1)NCCS(=O)(=O)c1ccc(Br)cc1.I. The van der Waals surface area contributed by atoms with Gasteiger partial charge >= 0.3 is 0 Å². The van der Waals surface area contributed by atoms with Crippen molar-refractivity contribution in [2.45, 2.75) is 18.4 Å². The lowest BCUT2D eigenvalue weighted by Gasteiger charge is -2.11. The number of aliphatic imine (C=N–C) groups is 1. The van der Waals surface area contributed by atoms with Crippen molar-refractivity contribution >= 4 is 55.7 Å². The summed E-state index contributed by atoms with van der Waals surface area (Å²) in [5.41, 5.74) is 0.849. The summed E-state index contributed by atoms with van der Waals surface area (Å²) in [7, 11) is -3.33. The van der Waals surface area contributed by atoms with Gasteiger partial charge in [-0.2, -0.15) is 0 Å². The van der Waals surface area contributed by atoms with Crippen LogP contribution in [0.2, 0.25) is 0 Å². The first-order valence-corrected chi connectivity index (χ1v) is 10.4. The van der Waals surface area contributed by atoms with Gasteiger partial charge in [0.1, 0.15) is 0 Å². The van der Waals surface area contributed by atoms with E-state index in [1.807, 2.05) is 25.1 Å². The van der Waals surface area contributed by atoms with Crippen LogP contribution in [0, 0.1) is 0 Å². The highest BCUT2D eigenvalue weighted by Gasteiger charge is 2.14. The highest BCUT2D eigenvalue weighted by molar-refractivity contribution is 14.0. The minimum Gasteiger partial charge on any atom is -0.357 e. The van der Waals surface area contributed by atoms with Crippen LogP contribution in [0.15, 0.2) is 63.0 Å². The molecular formula is C17H22BrIN4O2S. The normalized spacial score (nSPS) is 11.5. The average molecular weight is 553 g/mol. The van der Waals surface area contributed by atoms with Crippen LogP contribution in [0.5, 0.6) is 0 Å². The van der Waals surface area contributed by atoms with Gasteiger partial charge in [-0.15, -0.1) is 24.0 Å². The number of pyridine rings is 1. The summed E-state index contributed by atoms with van der Waals surface area (Å²) in [5.74, 6) is 0.557. The smallest absolute Gasteiger partial charge is 0.191 e. The van der Waals surface area contributed by atoms with Crippen molar-refractivity contribution in [1.29, 1.82) is 0 Å².